The Hall–Kier alpha value is -3.21. The molecule has 2 nitrogen and oxygen atoms in total. The van der Waals surface area contributed by atoms with Crippen molar-refractivity contribution in [2.45, 2.75) is 31.3 Å². The Labute approximate surface area is 173 Å². The summed E-state index contributed by atoms with van der Waals surface area (Å²) in [6.07, 6.45) is 6.86. The Morgan fingerprint density at radius 2 is 1.63 bits per heavy atom. The van der Waals surface area contributed by atoms with E-state index in [9.17, 15) is 13.2 Å². The fraction of sp³-hybridized carbons (Fsp3) is 0.200. The number of halogens is 3. The van der Waals surface area contributed by atoms with Crippen molar-refractivity contribution in [3.8, 4) is 17.2 Å². The first-order chi connectivity index (χ1) is 14.5. The van der Waals surface area contributed by atoms with E-state index in [0.29, 0.717) is 12.2 Å². The van der Waals surface area contributed by atoms with Gasteiger partial charge in [-0.15, -0.1) is 0 Å². The van der Waals surface area contributed by atoms with Crippen molar-refractivity contribution in [1.29, 1.82) is 0 Å². The average molecular weight is 410 g/mol. The van der Waals surface area contributed by atoms with Crippen LogP contribution in [-0.4, -0.2) is 6.61 Å². The summed E-state index contributed by atoms with van der Waals surface area (Å²) in [5, 5.41) is 0. The van der Waals surface area contributed by atoms with Gasteiger partial charge in [-0.1, -0.05) is 48.6 Å². The van der Waals surface area contributed by atoms with Crippen LogP contribution in [0.1, 0.15) is 24.0 Å². The number of ether oxygens (including phenoxy) is 2. The summed E-state index contributed by atoms with van der Waals surface area (Å²) in [7, 11) is 0. The molecule has 0 atom stereocenters. The molecule has 0 bridgehead atoms. The highest BCUT2D eigenvalue weighted by Gasteiger charge is 2.41. The van der Waals surface area contributed by atoms with E-state index in [-0.39, 0.29) is 16.9 Å². The van der Waals surface area contributed by atoms with E-state index in [4.69, 9.17) is 4.74 Å². The van der Waals surface area contributed by atoms with Gasteiger partial charge in [0.05, 0.1) is 0 Å². The third kappa shape index (κ3) is 4.85. The maximum Gasteiger partial charge on any atom is 0.387 e. The molecule has 3 aromatic carbocycles. The Kier molecular flexibility index (Phi) is 5.79. The van der Waals surface area contributed by atoms with E-state index in [1.807, 2.05) is 30.3 Å². The smallest absolute Gasteiger partial charge is 0.387 e. The maximum absolute atomic E-state index is 14.1. The predicted octanol–water partition coefficient (Wildman–Crippen LogP) is 7.05. The van der Waals surface area contributed by atoms with Gasteiger partial charge in [-0.3, -0.25) is 0 Å². The molecule has 154 valence electrons. The van der Waals surface area contributed by atoms with Gasteiger partial charge in [0.15, 0.2) is 11.6 Å². The highest BCUT2D eigenvalue weighted by atomic mass is 19.3. The lowest BCUT2D eigenvalue weighted by molar-refractivity contribution is -0.0498. The van der Waals surface area contributed by atoms with E-state index in [0.717, 1.165) is 24.0 Å². The summed E-state index contributed by atoms with van der Waals surface area (Å²) in [5.41, 5.74) is 1.95. The molecule has 0 radical (unpaired) electrons. The first kappa shape index (κ1) is 20.1. The topological polar surface area (TPSA) is 18.5 Å². The molecule has 0 spiro atoms. The largest absolute Gasteiger partial charge is 0.454 e. The molecule has 5 heteroatoms. The van der Waals surface area contributed by atoms with Crippen molar-refractivity contribution < 1.29 is 22.6 Å². The molecule has 0 unspecified atom stereocenters. The van der Waals surface area contributed by atoms with Crippen LogP contribution in [0.15, 0.2) is 84.9 Å². The maximum atomic E-state index is 14.1. The summed E-state index contributed by atoms with van der Waals surface area (Å²) in [5.74, 6) is 0.533. The van der Waals surface area contributed by atoms with Gasteiger partial charge in [0, 0.05) is 5.41 Å². The minimum Gasteiger partial charge on any atom is -0.454 e. The third-order valence-corrected chi connectivity index (χ3v) is 5.20. The van der Waals surface area contributed by atoms with Gasteiger partial charge < -0.3 is 9.47 Å². The summed E-state index contributed by atoms with van der Waals surface area (Å²) >= 11 is 0. The van der Waals surface area contributed by atoms with Crippen LogP contribution < -0.4 is 9.47 Å². The van der Waals surface area contributed by atoms with Crippen molar-refractivity contribution in [3.05, 3.63) is 102 Å². The molecule has 30 heavy (non-hydrogen) atoms. The summed E-state index contributed by atoms with van der Waals surface area (Å²) < 4.78 is 48.8. The van der Waals surface area contributed by atoms with Crippen molar-refractivity contribution in [1.82, 2.24) is 0 Å². The molecule has 0 aliphatic heterocycles. The fourth-order valence-corrected chi connectivity index (χ4v) is 3.44. The summed E-state index contributed by atoms with van der Waals surface area (Å²) in [6, 6.07) is 20.8. The van der Waals surface area contributed by atoms with E-state index in [1.54, 1.807) is 36.4 Å². The van der Waals surface area contributed by atoms with Crippen LogP contribution in [-0.2, 0) is 11.8 Å². The van der Waals surface area contributed by atoms with Gasteiger partial charge in [0.1, 0.15) is 11.5 Å². The molecule has 1 saturated carbocycles. The van der Waals surface area contributed by atoms with Crippen LogP contribution in [0.25, 0.3) is 0 Å². The lowest BCUT2D eigenvalue weighted by Gasteiger charge is -2.12. The molecule has 1 aliphatic rings. The van der Waals surface area contributed by atoms with Crippen LogP contribution in [0.3, 0.4) is 0 Å². The molecule has 0 amide bonds. The van der Waals surface area contributed by atoms with Crippen LogP contribution in [0, 0.1) is 5.82 Å². The monoisotopic (exact) mass is 410 g/mol. The molecule has 0 saturated heterocycles. The molecule has 0 aromatic heterocycles. The summed E-state index contributed by atoms with van der Waals surface area (Å²) in [6.45, 7) is -2.82. The van der Waals surface area contributed by atoms with Crippen LogP contribution in [0.5, 0.6) is 17.2 Å². The summed E-state index contributed by atoms with van der Waals surface area (Å²) in [4.78, 5) is 0. The molecule has 0 N–H and O–H groups in total. The minimum atomic E-state index is -2.82. The standard InChI is InChI=1S/C25H21F3O2/c26-22-13-8-18(17-23(22)29-20-6-2-1-3-7-20)5-4-14-25(15-16-25)19-9-11-21(12-10-19)30-24(27)28/h1-4,6-14,17,24H,5,15-16H2/b14-4+. The Morgan fingerprint density at radius 3 is 2.30 bits per heavy atom. The zero-order valence-corrected chi connectivity index (χ0v) is 16.2. The molecule has 4 rings (SSSR count). The molecular weight excluding hydrogens is 389 g/mol. The number of rotatable bonds is 8. The quantitative estimate of drug-likeness (QED) is 0.371. The molecule has 1 aliphatic carbocycles. The van der Waals surface area contributed by atoms with Crippen molar-refractivity contribution in [3.63, 3.8) is 0 Å². The van der Waals surface area contributed by atoms with Gasteiger partial charge >= 0.3 is 6.61 Å². The second kappa shape index (κ2) is 8.66. The predicted molar refractivity (Wildman–Crippen MR) is 110 cm³/mol. The third-order valence-electron chi connectivity index (χ3n) is 5.20. The van der Waals surface area contributed by atoms with Crippen LogP contribution in [0.2, 0.25) is 0 Å². The van der Waals surface area contributed by atoms with Crippen molar-refractivity contribution in [2.75, 3.05) is 0 Å². The molecule has 1 fully saturated rings. The average Bonchev–Trinajstić information content (AvgIpc) is 3.52. The number of allylic oxidation sites excluding steroid dienone is 2. The van der Waals surface area contributed by atoms with E-state index < -0.39 is 12.4 Å². The van der Waals surface area contributed by atoms with Gasteiger partial charge in [0.25, 0.3) is 0 Å². The van der Waals surface area contributed by atoms with E-state index in [1.165, 1.54) is 6.07 Å². The minimum absolute atomic E-state index is 0.0627. The van der Waals surface area contributed by atoms with E-state index in [2.05, 4.69) is 16.9 Å². The highest BCUT2D eigenvalue weighted by Crippen LogP contribution is 2.49. The Bertz CT molecular complexity index is 1010. The van der Waals surface area contributed by atoms with Gasteiger partial charge in [-0.05, 0) is 66.8 Å². The number of alkyl halides is 2. The normalized spacial score (nSPS) is 14.8. The Morgan fingerprint density at radius 1 is 0.900 bits per heavy atom. The number of hydrogen-bond donors (Lipinski definition) is 0. The number of para-hydroxylation sites is 1. The molecular formula is C25H21F3O2. The fourth-order valence-electron chi connectivity index (χ4n) is 3.44. The second-order valence-corrected chi connectivity index (χ2v) is 7.35. The van der Waals surface area contributed by atoms with Crippen molar-refractivity contribution in [2.24, 2.45) is 0 Å². The first-order valence-corrected chi connectivity index (χ1v) is 9.78. The zero-order chi connectivity index (χ0) is 21.0. The highest BCUT2D eigenvalue weighted by molar-refractivity contribution is 5.41. The lowest BCUT2D eigenvalue weighted by atomic mass is 9.94. The second-order valence-electron chi connectivity index (χ2n) is 7.35. The zero-order valence-electron chi connectivity index (χ0n) is 16.2. The number of hydrogen-bond acceptors (Lipinski definition) is 2. The molecule has 3 aromatic rings. The first-order valence-electron chi connectivity index (χ1n) is 9.78. The molecule has 0 heterocycles. The lowest BCUT2D eigenvalue weighted by Crippen LogP contribution is -2.04. The van der Waals surface area contributed by atoms with Gasteiger partial charge in [0.2, 0.25) is 0 Å². The Balaban J connectivity index is 1.42. The van der Waals surface area contributed by atoms with Crippen LogP contribution >= 0.6 is 0 Å². The SMILES string of the molecule is Fc1ccc(C/C=C/C2(c3ccc(OC(F)F)cc3)CC2)cc1Oc1ccccc1. The van der Waals surface area contributed by atoms with Gasteiger partial charge in [-0.25, -0.2) is 4.39 Å². The van der Waals surface area contributed by atoms with Crippen molar-refractivity contribution >= 4 is 0 Å². The number of benzene rings is 3. The van der Waals surface area contributed by atoms with Gasteiger partial charge in [-0.2, -0.15) is 8.78 Å². The van der Waals surface area contributed by atoms with Crippen LogP contribution in [0.4, 0.5) is 13.2 Å². The van der Waals surface area contributed by atoms with E-state index >= 15 is 0 Å².